The Morgan fingerprint density at radius 3 is 2.74 bits per heavy atom. The number of rotatable bonds is 10. The first kappa shape index (κ1) is 16.9. The van der Waals surface area contributed by atoms with E-state index in [0.29, 0.717) is 19.6 Å². The van der Waals surface area contributed by atoms with Crippen LogP contribution < -0.4 is 5.32 Å². The van der Waals surface area contributed by atoms with Gasteiger partial charge < -0.3 is 14.8 Å². The minimum absolute atomic E-state index is 0.156. The van der Waals surface area contributed by atoms with Gasteiger partial charge in [-0.1, -0.05) is 0 Å². The highest BCUT2D eigenvalue weighted by Crippen LogP contribution is 2.21. The zero-order valence-corrected chi connectivity index (χ0v) is 12.9. The molecule has 1 saturated heterocycles. The third-order valence-corrected chi connectivity index (χ3v) is 5.74. The lowest BCUT2D eigenvalue weighted by atomic mass is 10.3. The van der Waals surface area contributed by atoms with E-state index in [9.17, 15) is 8.42 Å². The summed E-state index contributed by atoms with van der Waals surface area (Å²) in [5.74, 6) is 0.205. The number of sulfone groups is 1. The predicted molar refractivity (Wildman–Crippen MR) is 76.2 cm³/mol. The van der Waals surface area contributed by atoms with Gasteiger partial charge in [-0.15, -0.1) is 0 Å². The summed E-state index contributed by atoms with van der Waals surface area (Å²) < 4.78 is 34.7. The Labute approximate surface area is 117 Å². The van der Waals surface area contributed by atoms with Gasteiger partial charge in [0, 0.05) is 26.4 Å². The van der Waals surface area contributed by atoms with Crippen molar-refractivity contribution < 1.29 is 17.9 Å². The number of nitrogens with one attached hydrogen (secondary N) is 1. The second kappa shape index (κ2) is 8.89. The fraction of sp³-hybridized carbons (Fsp3) is 1.00. The molecule has 1 N–H and O–H groups in total. The lowest BCUT2D eigenvalue weighted by molar-refractivity contribution is 0.126. The predicted octanol–water partition coefficient (Wildman–Crippen LogP) is 0.985. The topological polar surface area (TPSA) is 64.6 Å². The van der Waals surface area contributed by atoms with Crippen molar-refractivity contribution in [1.82, 2.24) is 5.32 Å². The monoisotopic (exact) mass is 293 g/mol. The van der Waals surface area contributed by atoms with Crippen LogP contribution in [0.1, 0.15) is 33.1 Å². The van der Waals surface area contributed by atoms with Crippen LogP contribution in [-0.2, 0) is 19.3 Å². The third-order valence-electron chi connectivity index (χ3n) is 3.43. The smallest absolute Gasteiger partial charge is 0.157 e. The Hall–Kier alpha value is -0.170. The fourth-order valence-electron chi connectivity index (χ4n) is 2.27. The van der Waals surface area contributed by atoms with Gasteiger partial charge in [-0.3, -0.25) is 0 Å². The van der Waals surface area contributed by atoms with E-state index in [0.717, 1.165) is 32.6 Å². The van der Waals surface area contributed by atoms with E-state index >= 15 is 0 Å². The number of hydrogen-bond donors (Lipinski definition) is 1. The molecule has 0 bridgehead atoms. The molecule has 1 rings (SSSR count). The molecule has 0 aliphatic carbocycles. The summed E-state index contributed by atoms with van der Waals surface area (Å²) in [7, 11) is -3.02. The van der Waals surface area contributed by atoms with Gasteiger partial charge in [0.15, 0.2) is 9.84 Å². The molecule has 0 radical (unpaired) electrons. The highest BCUT2D eigenvalue weighted by atomic mass is 32.2. The molecule has 19 heavy (non-hydrogen) atoms. The summed E-state index contributed by atoms with van der Waals surface area (Å²) >= 11 is 0. The molecule has 0 aromatic carbocycles. The largest absolute Gasteiger partial charge is 0.382 e. The highest BCUT2D eigenvalue weighted by molar-refractivity contribution is 7.92. The summed E-state index contributed by atoms with van der Waals surface area (Å²) in [5, 5.41) is 2.87. The molecule has 0 saturated carbocycles. The van der Waals surface area contributed by atoms with E-state index < -0.39 is 9.84 Å². The molecule has 0 aromatic rings. The van der Waals surface area contributed by atoms with Gasteiger partial charge in [0.1, 0.15) is 0 Å². The van der Waals surface area contributed by atoms with Gasteiger partial charge in [0.25, 0.3) is 0 Å². The van der Waals surface area contributed by atoms with Crippen LogP contribution >= 0.6 is 0 Å². The maximum absolute atomic E-state index is 12.1. The molecule has 1 aliphatic heterocycles. The van der Waals surface area contributed by atoms with Gasteiger partial charge in [-0.2, -0.15) is 0 Å². The highest BCUT2D eigenvalue weighted by Gasteiger charge is 2.34. The van der Waals surface area contributed by atoms with Crippen LogP contribution in [0.15, 0.2) is 0 Å². The molecule has 1 aliphatic rings. The van der Waals surface area contributed by atoms with Crippen LogP contribution in [0.3, 0.4) is 0 Å². The molecule has 6 heteroatoms. The molecule has 114 valence electrons. The Bertz CT molecular complexity index is 332. The average Bonchev–Trinajstić information content (AvgIpc) is 2.80. The standard InChI is InChI=1S/C13H27NO4S/c1-3-17-9-5-4-7-14-8-11-19(15,16)13-6-10-18-12(13)2/h12-14H,3-11H2,1-2H3. The molecule has 1 heterocycles. The van der Waals surface area contributed by atoms with Gasteiger partial charge in [0.05, 0.1) is 17.1 Å². The maximum Gasteiger partial charge on any atom is 0.157 e. The minimum Gasteiger partial charge on any atom is -0.382 e. The van der Waals surface area contributed by atoms with Crippen LogP contribution in [0.5, 0.6) is 0 Å². The molecule has 5 nitrogen and oxygen atoms in total. The Morgan fingerprint density at radius 1 is 1.32 bits per heavy atom. The Morgan fingerprint density at radius 2 is 2.11 bits per heavy atom. The summed E-state index contributed by atoms with van der Waals surface area (Å²) in [5.41, 5.74) is 0. The van der Waals surface area contributed by atoms with Crippen molar-refractivity contribution in [3.05, 3.63) is 0 Å². The first-order valence-corrected chi connectivity index (χ1v) is 8.91. The van der Waals surface area contributed by atoms with Crippen molar-refractivity contribution >= 4 is 9.84 Å². The van der Waals surface area contributed by atoms with Crippen LogP contribution in [0.4, 0.5) is 0 Å². The minimum atomic E-state index is -3.02. The average molecular weight is 293 g/mol. The molecular formula is C13H27NO4S. The van der Waals surface area contributed by atoms with Crippen LogP contribution in [0.25, 0.3) is 0 Å². The van der Waals surface area contributed by atoms with Crippen LogP contribution in [-0.4, -0.2) is 58.4 Å². The maximum atomic E-state index is 12.1. The molecule has 2 atom stereocenters. The Balaban J connectivity index is 2.08. The summed E-state index contributed by atoms with van der Waals surface area (Å²) in [6.07, 6.45) is 2.51. The Kier molecular flexibility index (Phi) is 7.90. The van der Waals surface area contributed by atoms with E-state index in [2.05, 4.69) is 5.32 Å². The normalized spacial score (nSPS) is 23.9. The lowest BCUT2D eigenvalue weighted by Gasteiger charge is -2.15. The van der Waals surface area contributed by atoms with E-state index in [4.69, 9.17) is 9.47 Å². The zero-order valence-electron chi connectivity index (χ0n) is 12.1. The van der Waals surface area contributed by atoms with E-state index in [-0.39, 0.29) is 17.1 Å². The quantitative estimate of drug-likeness (QED) is 0.608. The van der Waals surface area contributed by atoms with Crippen LogP contribution in [0.2, 0.25) is 0 Å². The lowest BCUT2D eigenvalue weighted by Crippen LogP contribution is -2.34. The first-order chi connectivity index (χ1) is 9.08. The molecule has 0 aromatic heterocycles. The van der Waals surface area contributed by atoms with Crippen molar-refractivity contribution in [2.75, 3.05) is 38.7 Å². The fourth-order valence-corrected chi connectivity index (χ4v) is 4.12. The van der Waals surface area contributed by atoms with E-state index in [1.807, 2.05) is 13.8 Å². The van der Waals surface area contributed by atoms with Gasteiger partial charge in [-0.25, -0.2) is 8.42 Å². The third kappa shape index (κ3) is 6.21. The van der Waals surface area contributed by atoms with Crippen molar-refractivity contribution in [2.24, 2.45) is 0 Å². The summed E-state index contributed by atoms with van der Waals surface area (Å²) in [6, 6.07) is 0. The molecule has 1 fully saturated rings. The molecule has 0 spiro atoms. The molecular weight excluding hydrogens is 266 g/mol. The molecule has 2 unspecified atom stereocenters. The number of ether oxygens (including phenoxy) is 2. The van der Waals surface area contributed by atoms with Crippen LogP contribution in [0, 0.1) is 0 Å². The van der Waals surface area contributed by atoms with Crippen molar-refractivity contribution in [1.29, 1.82) is 0 Å². The summed E-state index contributed by atoms with van der Waals surface area (Å²) in [4.78, 5) is 0. The SMILES string of the molecule is CCOCCCCNCCS(=O)(=O)C1CCOC1C. The second-order valence-corrected chi connectivity index (χ2v) is 7.26. The van der Waals surface area contributed by atoms with Crippen molar-refractivity contribution in [3.8, 4) is 0 Å². The number of unbranched alkanes of at least 4 members (excludes halogenated alkanes) is 1. The van der Waals surface area contributed by atoms with E-state index in [1.54, 1.807) is 0 Å². The zero-order chi connectivity index (χ0) is 14.1. The van der Waals surface area contributed by atoms with Gasteiger partial charge in [-0.05, 0) is 39.7 Å². The van der Waals surface area contributed by atoms with E-state index in [1.165, 1.54) is 0 Å². The number of hydrogen-bond acceptors (Lipinski definition) is 5. The first-order valence-electron chi connectivity index (χ1n) is 7.19. The second-order valence-electron chi connectivity index (χ2n) is 4.92. The summed E-state index contributed by atoms with van der Waals surface area (Å²) in [6.45, 7) is 7.31. The van der Waals surface area contributed by atoms with Gasteiger partial charge in [0.2, 0.25) is 0 Å². The van der Waals surface area contributed by atoms with Gasteiger partial charge >= 0.3 is 0 Å². The van der Waals surface area contributed by atoms with Crippen molar-refractivity contribution in [3.63, 3.8) is 0 Å². The van der Waals surface area contributed by atoms with Crippen molar-refractivity contribution in [2.45, 2.75) is 44.5 Å². The molecule has 0 amide bonds.